The first-order valence-corrected chi connectivity index (χ1v) is 16.2. The van der Waals surface area contributed by atoms with Crippen LogP contribution in [0.2, 0.25) is 0 Å². The molecule has 0 amide bonds. The van der Waals surface area contributed by atoms with Crippen molar-refractivity contribution in [2.75, 3.05) is 6.61 Å². The van der Waals surface area contributed by atoms with Crippen LogP contribution in [0.1, 0.15) is 88.5 Å². The summed E-state index contributed by atoms with van der Waals surface area (Å²) < 4.78 is 31.1. The Morgan fingerprint density at radius 1 is 1.15 bits per heavy atom. The number of benzene rings is 2. The molecule has 12 heteroatoms. The first kappa shape index (κ1) is 32.5. The molecule has 1 saturated carbocycles. The van der Waals surface area contributed by atoms with E-state index in [0.29, 0.717) is 60.5 Å². The molecule has 0 radical (unpaired) electrons. The number of aromatic nitrogens is 6. The topological polar surface area (TPSA) is 141 Å². The highest BCUT2D eigenvalue weighted by Gasteiger charge is 2.36. The van der Waals surface area contributed by atoms with Gasteiger partial charge >= 0.3 is 5.76 Å². The number of aromatic amines is 1. The molecule has 0 aliphatic heterocycles. The van der Waals surface area contributed by atoms with Gasteiger partial charge in [0.2, 0.25) is 5.78 Å². The number of rotatable bonds is 10. The summed E-state index contributed by atoms with van der Waals surface area (Å²) in [5.74, 6) is -0.405. The number of nitrogens with one attached hydrogen (secondary N) is 1. The van der Waals surface area contributed by atoms with E-state index in [-0.39, 0.29) is 41.6 Å². The van der Waals surface area contributed by atoms with Crippen LogP contribution in [0.25, 0.3) is 28.3 Å². The standard InChI is InChI=1S/C35H41FN6O5/c1-6-10-27-26(19-23-13-14-25(22-11-8-7-9-12-22)28(29(23)36)30-38-33(44)47-40-30)31(43)41(32-37-21(2)39-42(27)32)24-15-17-35(5,18-16-24)46-20-34(3,4)45/h7-9,11-14,24,45H,6,10,15-20H2,1-5H3,(H,38,40,44). The van der Waals surface area contributed by atoms with Crippen molar-refractivity contribution in [3.63, 3.8) is 0 Å². The highest BCUT2D eigenvalue weighted by molar-refractivity contribution is 5.81. The minimum absolute atomic E-state index is 0.00186. The maximum atomic E-state index is 16.7. The molecule has 2 N–H and O–H groups in total. The van der Waals surface area contributed by atoms with Crippen LogP contribution >= 0.6 is 0 Å². The van der Waals surface area contributed by atoms with Crippen molar-refractivity contribution in [3.05, 3.63) is 91.8 Å². The Hall–Kier alpha value is -4.42. The fourth-order valence-corrected chi connectivity index (χ4v) is 6.57. The van der Waals surface area contributed by atoms with E-state index in [1.165, 1.54) is 0 Å². The van der Waals surface area contributed by atoms with Gasteiger partial charge in [-0.1, -0.05) is 61.0 Å². The summed E-state index contributed by atoms with van der Waals surface area (Å²) >= 11 is 0. The molecule has 5 aromatic rings. The van der Waals surface area contributed by atoms with Gasteiger partial charge in [-0.15, -0.1) is 0 Å². The predicted octanol–water partition coefficient (Wildman–Crippen LogP) is 5.55. The van der Waals surface area contributed by atoms with Crippen molar-refractivity contribution < 1.29 is 18.8 Å². The van der Waals surface area contributed by atoms with Crippen molar-refractivity contribution in [3.8, 4) is 22.5 Å². The summed E-state index contributed by atoms with van der Waals surface area (Å²) in [7, 11) is 0. The van der Waals surface area contributed by atoms with Gasteiger partial charge in [0, 0.05) is 18.0 Å². The number of H-pyrrole nitrogens is 1. The Balaban J connectivity index is 1.45. The van der Waals surface area contributed by atoms with Crippen molar-refractivity contribution in [1.29, 1.82) is 0 Å². The molecule has 0 bridgehead atoms. The molecular weight excluding hydrogens is 603 g/mol. The van der Waals surface area contributed by atoms with Crippen LogP contribution in [-0.2, 0) is 17.6 Å². The molecule has 3 aromatic heterocycles. The van der Waals surface area contributed by atoms with E-state index >= 15 is 4.39 Å². The van der Waals surface area contributed by atoms with Crippen LogP contribution in [0, 0.1) is 12.7 Å². The van der Waals surface area contributed by atoms with E-state index in [1.807, 2.05) is 44.2 Å². The summed E-state index contributed by atoms with van der Waals surface area (Å²) in [5.41, 5.74) is 1.19. The zero-order valence-corrected chi connectivity index (χ0v) is 27.5. The molecule has 2 aromatic carbocycles. The second-order valence-corrected chi connectivity index (χ2v) is 13.5. The number of hydrogen-bond donors (Lipinski definition) is 2. The number of halogens is 1. The highest BCUT2D eigenvalue weighted by atomic mass is 19.1. The Labute approximate surface area is 271 Å². The Morgan fingerprint density at radius 3 is 2.51 bits per heavy atom. The maximum absolute atomic E-state index is 16.7. The van der Waals surface area contributed by atoms with Crippen molar-refractivity contribution in [2.24, 2.45) is 0 Å². The number of aryl methyl sites for hydroxylation is 2. The van der Waals surface area contributed by atoms with Crippen LogP contribution in [0.5, 0.6) is 0 Å². The van der Waals surface area contributed by atoms with Gasteiger partial charge in [-0.25, -0.2) is 13.7 Å². The van der Waals surface area contributed by atoms with Crippen LogP contribution in [0.15, 0.2) is 56.6 Å². The lowest BCUT2D eigenvalue weighted by molar-refractivity contribution is -0.117. The molecule has 3 heterocycles. The minimum atomic E-state index is -0.941. The quantitative estimate of drug-likeness (QED) is 0.202. The molecule has 0 unspecified atom stereocenters. The average molecular weight is 645 g/mol. The van der Waals surface area contributed by atoms with E-state index in [1.54, 1.807) is 42.0 Å². The predicted molar refractivity (Wildman–Crippen MR) is 175 cm³/mol. The monoisotopic (exact) mass is 644 g/mol. The SMILES string of the molecule is CCCc1c(Cc2ccc(-c3ccccc3)c(-c3noc(=O)[nH]3)c2F)c(=O)n(C2CCC(C)(OCC(C)(C)O)CC2)c2nc(C)nn12. The van der Waals surface area contributed by atoms with Crippen LogP contribution < -0.4 is 11.3 Å². The number of ether oxygens (including phenoxy) is 1. The van der Waals surface area contributed by atoms with Gasteiger partial charge in [0.25, 0.3) is 5.56 Å². The van der Waals surface area contributed by atoms with Crippen molar-refractivity contribution >= 4 is 5.78 Å². The molecule has 6 rings (SSSR count). The fourth-order valence-electron chi connectivity index (χ4n) is 6.57. The van der Waals surface area contributed by atoms with E-state index < -0.39 is 22.8 Å². The molecule has 1 fully saturated rings. The van der Waals surface area contributed by atoms with Gasteiger partial charge < -0.3 is 9.84 Å². The third-order valence-electron chi connectivity index (χ3n) is 8.98. The molecule has 11 nitrogen and oxygen atoms in total. The van der Waals surface area contributed by atoms with E-state index in [0.717, 1.165) is 12.0 Å². The van der Waals surface area contributed by atoms with E-state index in [2.05, 4.69) is 15.1 Å². The van der Waals surface area contributed by atoms with Gasteiger partial charge in [0.15, 0.2) is 5.82 Å². The minimum Gasteiger partial charge on any atom is -0.388 e. The zero-order valence-electron chi connectivity index (χ0n) is 27.5. The first-order valence-electron chi connectivity index (χ1n) is 16.2. The van der Waals surface area contributed by atoms with Gasteiger partial charge in [-0.3, -0.25) is 18.9 Å². The zero-order chi connectivity index (χ0) is 33.5. The first-order chi connectivity index (χ1) is 22.4. The molecule has 47 heavy (non-hydrogen) atoms. The van der Waals surface area contributed by atoms with Crippen LogP contribution in [-0.4, -0.2) is 52.2 Å². The lowest BCUT2D eigenvalue weighted by Crippen LogP contribution is -2.41. The summed E-state index contributed by atoms with van der Waals surface area (Å²) in [6.45, 7) is 9.53. The lowest BCUT2D eigenvalue weighted by Gasteiger charge is -2.39. The van der Waals surface area contributed by atoms with Gasteiger partial charge in [0.05, 0.1) is 29.1 Å². The molecule has 248 valence electrons. The number of fused-ring (bicyclic) bond motifs is 1. The molecule has 1 aliphatic rings. The van der Waals surface area contributed by atoms with Gasteiger partial charge in [-0.2, -0.15) is 10.1 Å². The second kappa shape index (κ2) is 12.6. The summed E-state index contributed by atoms with van der Waals surface area (Å²) in [5, 5.41) is 18.7. The Kier molecular flexibility index (Phi) is 8.75. The Bertz CT molecular complexity index is 2010. The third-order valence-corrected chi connectivity index (χ3v) is 8.98. The average Bonchev–Trinajstić information content (AvgIpc) is 3.64. The van der Waals surface area contributed by atoms with E-state index in [4.69, 9.17) is 14.4 Å². The van der Waals surface area contributed by atoms with Crippen LogP contribution in [0.4, 0.5) is 4.39 Å². The summed E-state index contributed by atoms with van der Waals surface area (Å²) in [6.07, 6.45) is 4.01. The van der Waals surface area contributed by atoms with Gasteiger partial charge in [-0.05, 0) is 76.5 Å². The number of hydrogen-bond acceptors (Lipinski definition) is 8. The summed E-state index contributed by atoms with van der Waals surface area (Å²) in [4.78, 5) is 33.7. The normalized spacial score (nSPS) is 18.7. The number of aliphatic hydroxyl groups is 1. The smallest absolute Gasteiger partial charge is 0.388 e. The molecule has 0 spiro atoms. The van der Waals surface area contributed by atoms with Gasteiger partial charge in [0.1, 0.15) is 11.6 Å². The van der Waals surface area contributed by atoms with Crippen LogP contribution in [0.3, 0.4) is 0 Å². The molecule has 0 saturated heterocycles. The summed E-state index contributed by atoms with van der Waals surface area (Å²) in [6, 6.07) is 12.5. The van der Waals surface area contributed by atoms with Crippen molar-refractivity contribution in [2.45, 2.75) is 96.8 Å². The molecular formula is C35H41FN6O5. The second-order valence-electron chi connectivity index (χ2n) is 13.5. The largest absolute Gasteiger partial charge is 0.439 e. The highest BCUT2D eigenvalue weighted by Crippen LogP contribution is 2.38. The van der Waals surface area contributed by atoms with E-state index in [9.17, 15) is 14.7 Å². The lowest BCUT2D eigenvalue weighted by atomic mass is 9.83. The fraction of sp³-hybridized carbons (Fsp3) is 0.457. The number of nitrogens with zero attached hydrogens (tertiary/aromatic N) is 5. The maximum Gasteiger partial charge on any atom is 0.439 e. The molecule has 0 atom stereocenters. The molecule has 1 aliphatic carbocycles. The third kappa shape index (κ3) is 6.57. The van der Waals surface area contributed by atoms with Crippen molar-refractivity contribution in [1.82, 2.24) is 29.3 Å². The Morgan fingerprint density at radius 2 is 1.87 bits per heavy atom.